The number of rotatable bonds is 6. The number of hydrogen-bond donors (Lipinski definition) is 0. The molecule has 6 nitrogen and oxygen atoms in total. The van der Waals surface area contributed by atoms with Crippen molar-refractivity contribution in [3.63, 3.8) is 0 Å². The molecule has 0 atom stereocenters. The number of aryl methyl sites for hydroxylation is 3. The van der Waals surface area contributed by atoms with E-state index < -0.39 is 11.8 Å². The second kappa shape index (κ2) is 9.36. The van der Waals surface area contributed by atoms with Crippen molar-refractivity contribution >= 4 is 39.8 Å². The molecule has 1 aromatic carbocycles. The average Bonchev–Trinajstić information content (AvgIpc) is 3.21. The number of carbonyl (C=O) groups is 1. The Morgan fingerprint density at radius 3 is 2.40 bits per heavy atom. The number of benzene rings is 1. The summed E-state index contributed by atoms with van der Waals surface area (Å²) in [5.74, 6) is 1.03. The van der Waals surface area contributed by atoms with Gasteiger partial charge in [0.2, 0.25) is 4.38 Å². The van der Waals surface area contributed by atoms with Crippen LogP contribution in [0.1, 0.15) is 43.0 Å². The van der Waals surface area contributed by atoms with E-state index in [4.69, 9.17) is 31.3 Å². The van der Waals surface area contributed by atoms with Gasteiger partial charge in [-0.05, 0) is 69.3 Å². The molecule has 1 saturated heterocycles. The number of hydroxylamine groups is 2. The summed E-state index contributed by atoms with van der Waals surface area (Å²) in [5, 5.41) is 1.36. The lowest BCUT2D eigenvalue weighted by atomic mass is 9.91. The Morgan fingerprint density at radius 1 is 1.23 bits per heavy atom. The predicted octanol–water partition coefficient (Wildman–Crippen LogP) is 4.30. The molecule has 1 fully saturated rings. The Hall–Kier alpha value is -1.45. The topological polar surface area (TPSA) is 57.2 Å². The average molecular weight is 452 g/mol. The van der Waals surface area contributed by atoms with Crippen molar-refractivity contribution in [2.45, 2.75) is 53.4 Å². The zero-order valence-electron chi connectivity index (χ0n) is 18.4. The largest absolute Gasteiger partial charge is 0.441 e. The highest BCUT2D eigenvalue weighted by Crippen LogP contribution is 2.43. The molecule has 0 aromatic heterocycles. The van der Waals surface area contributed by atoms with Gasteiger partial charge in [0.05, 0.1) is 18.8 Å². The Morgan fingerprint density at radius 2 is 1.83 bits per heavy atom. The molecule has 30 heavy (non-hydrogen) atoms. The van der Waals surface area contributed by atoms with Crippen molar-refractivity contribution < 1.29 is 23.8 Å². The molecular formula is C22H29NO5S2. The number of thiocarbonyl (C=S) groups is 1. The number of nitrogens with zero attached hydrogens (tertiary/aromatic N) is 1. The van der Waals surface area contributed by atoms with Crippen LogP contribution in [0.2, 0.25) is 0 Å². The van der Waals surface area contributed by atoms with Gasteiger partial charge in [0.25, 0.3) is 5.91 Å². The first-order valence-corrected chi connectivity index (χ1v) is 11.4. The summed E-state index contributed by atoms with van der Waals surface area (Å²) in [4.78, 5) is 19.5. The van der Waals surface area contributed by atoms with Crippen LogP contribution >= 0.6 is 24.0 Å². The lowest BCUT2D eigenvalue weighted by Crippen LogP contribution is -2.45. The van der Waals surface area contributed by atoms with Gasteiger partial charge >= 0.3 is 0 Å². The van der Waals surface area contributed by atoms with Crippen molar-refractivity contribution in [2.75, 3.05) is 25.6 Å². The summed E-state index contributed by atoms with van der Waals surface area (Å²) in [6, 6.07) is 4.13. The summed E-state index contributed by atoms with van der Waals surface area (Å²) in [6.07, 6.45) is -0.485. The van der Waals surface area contributed by atoms with Crippen LogP contribution in [0.15, 0.2) is 17.9 Å². The Labute approximate surface area is 187 Å². The van der Waals surface area contributed by atoms with E-state index in [2.05, 4.69) is 12.1 Å². The van der Waals surface area contributed by atoms with E-state index in [-0.39, 0.29) is 12.5 Å². The summed E-state index contributed by atoms with van der Waals surface area (Å²) >= 11 is 6.83. The van der Waals surface area contributed by atoms with E-state index in [1.165, 1.54) is 16.8 Å². The number of hydrogen-bond acceptors (Lipinski definition) is 7. The first-order chi connectivity index (χ1) is 14.2. The first kappa shape index (κ1) is 23.2. The summed E-state index contributed by atoms with van der Waals surface area (Å²) in [6.45, 7) is 13.0. The number of thioether (sulfide) groups is 1. The highest BCUT2D eigenvalue weighted by molar-refractivity contribution is 8.22. The van der Waals surface area contributed by atoms with Crippen LogP contribution in [0.25, 0.3) is 5.57 Å². The lowest BCUT2D eigenvalue weighted by Gasteiger charge is -2.32. The third kappa shape index (κ3) is 4.57. The summed E-state index contributed by atoms with van der Waals surface area (Å²) in [7, 11) is 0. The van der Waals surface area contributed by atoms with Gasteiger partial charge < -0.3 is 14.2 Å². The summed E-state index contributed by atoms with van der Waals surface area (Å²) < 4.78 is 17.4. The van der Waals surface area contributed by atoms with E-state index >= 15 is 0 Å². The third-order valence-electron chi connectivity index (χ3n) is 5.09. The molecule has 3 rings (SSSR count). The Balaban J connectivity index is 2.03. The van der Waals surface area contributed by atoms with Gasteiger partial charge in [-0.1, -0.05) is 36.4 Å². The molecule has 1 amide bonds. The van der Waals surface area contributed by atoms with Gasteiger partial charge in [-0.25, -0.2) is 5.06 Å². The SMILES string of the molecule is CCSC(=S)OC1=C(c2c(C)cc(C)cc2C)C(=O)N(OCC2OCCO2)C1(C)C. The van der Waals surface area contributed by atoms with E-state index in [9.17, 15) is 4.79 Å². The van der Waals surface area contributed by atoms with Crippen molar-refractivity contribution in [2.24, 2.45) is 0 Å². The number of amides is 1. The molecule has 0 N–H and O–H groups in total. The zero-order chi connectivity index (χ0) is 22.1. The van der Waals surface area contributed by atoms with Gasteiger partial charge in [-0.15, -0.1) is 0 Å². The van der Waals surface area contributed by atoms with Crippen LogP contribution in [0.3, 0.4) is 0 Å². The van der Waals surface area contributed by atoms with Crippen LogP contribution in [0.4, 0.5) is 0 Å². The second-order valence-corrected chi connectivity index (χ2v) is 9.75. The lowest BCUT2D eigenvalue weighted by molar-refractivity contribution is -0.230. The molecule has 2 heterocycles. The van der Waals surface area contributed by atoms with Crippen molar-refractivity contribution in [1.82, 2.24) is 5.06 Å². The molecule has 2 aliphatic rings. The maximum atomic E-state index is 13.6. The Bertz CT molecular complexity index is 851. The quantitative estimate of drug-likeness (QED) is 0.598. The molecule has 0 aliphatic carbocycles. The first-order valence-electron chi connectivity index (χ1n) is 10.0. The van der Waals surface area contributed by atoms with Crippen molar-refractivity contribution in [3.8, 4) is 0 Å². The van der Waals surface area contributed by atoms with Crippen LogP contribution < -0.4 is 0 Å². The van der Waals surface area contributed by atoms with Crippen LogP contribution in [0, 0.1) is 20.8 Å². The van der Waals surface area contributed by atoms with Gasteiger partial charge in [0.15, 0.2) is 6.29 Å². The van der Waals surface area contributed by atoms with Crippen LogP contribution in [-0.4, -0.2) is 52.8 Å². The maximum absolute atomic E-state index is 13.6. The third-order valence-corrected chi connectivity index (χ3v) is 6.14. The number of carbonyl (C=O) groups excluding carboxylic acids is 1. The zero-order valence-corrected chi connectivity index (χ0v) is 20.0. The van der Waals surface area contributed by atoms with Gasteiger partial charge in [-0.2, -0.15) is 0 Å². The van der Waals surface area contributed by atoms with E-state index in [1.54, 1.807) is 0 Å². The van der Waals surface area contributed by atoms with Crippen molar-refractivity contribution in [3.05, 3.63) is 40.1 Å². The monoisotopic (exact) mass is 451 g/mol. The Kier molecular flexibility index (Phi) is 7.24. The molecule has 0 radical (unpaired) electrons. The molecule has 1 aromatic rings. The molecule has 164 valence electrons. The molecule has 2 aliphatic heterocycles. The van der Waals surface area contributed by atoms with Crippen molar-refractivity contribution in [1.29, 1.82) is 0 Å². The van der Waals surface area contributed by atoms with Gasteiger partial charge in [0, 0.05) is 0 Å². The summed E-state index contributed by atoms with van der Waals surface area (Å²) in [5.41, 5.74) is 3.65. The molecular weight excluding hydrogens is 422 g/mol. The predicted molar refractivity (Wildman–Crippen MR) is 122 cm³/mol. The van der Waals surface area contributed by atoms with E-state index in [0.29, 0.717) is 28.9 Å². The fraction of sp³-hybridized carbons (Fsp3) is 0.545. The van der Waals surface area contributed by atoms with Gasteiger partial charge in [0.1, 0.15) is 17.9 Å². The van der Waals surface area contributed by atoms with E-state index in [1.807, 2.05) is 41.5 Å². The number of ether oxygens (including phenoxy) is 3. The highest BCUT2D eigenvalue weighted by Gasteiger charge is 2.50. The normalized spacial score (nSPS) is 19.1. The minimum Gasteiger partial charge on any atom is -0.441 e. The minimum absolute atomic E-state index is 0.121. The fourth-order valence-electron chi connectivity index (χ4n) is 3.91. The fourth-order valence-corrected chi connectivity index (χ4v) is 4.73. The molecule has 8 heteroatoms. The van der Waals surface area contributed by atoms with Gasteiger partial charge in [-0.3, -0.25) is 9.63 Å². The standard InChI is InChI=1S/C22H29NO5S2/c1-7-30-21(29)28-19-18(17-14(3)10-13(2)11-15(17)4)20(24)23(22(19,5)6)27-12-16-25-8-9-26-16/h10-11,16H,7-9,12H2,1-6H3. The van der Waals surface area contributed by atoms with Crippen LogP contribution in [-0.2, 0) is 23.8 Å². The highest BCUT2D eigenvalue weighted by atomic mass is 32.2. The molecule has 0 bridgehead atoms. The van der Waals surface area contributed by atoms with E-state index in [0.717, 1.165) is 28.0 Å². The smallest absolute Gasteiger partial charge is 0.282 e. The molecule has 0 saturated carbocycles. The molecule has 0 unspecified atom stereocenters. The second-order valence-electron chi connectivity index (χ2n) is 7.89. The molecule has 0 spiro atoms. The van der Waals surface area contributed by atoms with Crippen LogP contribution in [0.5, 0.6) is 0 Å². The maximum Gasteiger partial charge on any atom is 0.282 e. The minimum atomic E-state index is -0.854.